The molecular formula is C18H30N4O3. The molecule has 4 amide bonds. The third kappa shape index (κ3) is 2.68. The van der Waals surface area contributed by atoms with Crippen molar-refractivity contribution < 1.29 is 14.4 Å². The Morgan fingerprint density at radius 3 is 2.20 bits per heavy atom. The van der Waals surface area contributed by atoms with Gasteiger partial charge in [-0.15, -0.1) is 0 Å². The number of fused-ring (bicyclic) bond motifs is 2. The molecule has 2 aliphatic heterocycles. The standard InChI is InChI=1S/C18H30N4O3/c1-13(23)22-11-14-17(5-6-18(14,12-22)15(24)19-2)7-9-21(10-8-17)16(25)20(3)4/h14H,5-12H2,1-4H3,(H,19,24)/t14-,18+/m0/s1. The Morgan fingerprint density at radius 2 is 1.68 bits per heavy atom. The second-order valence-corrected chi connectivity index (χ2v) is 8.21. The lowest BCUT2D eigenvalue weighted by Crippen LogP contribution is -2.50. The monoisotopic (exact) mass is 350 g/mol. The van der Waals surface area contributed by atoms with E-state index in [-0.39, 0.29) is 29.2 Å². The smallest absolute Gasteiger partial charge is 0.319 e. The van der Waals surface area contributed by atoms with Gasteiger partial charge in [-0.3, -0.25) is 9.59 Å². The van der Waals surface area contributed by atoms with Crippen LogP contribution in [0.4, 0.5) is 4.79 Å². The Balaban J connectivity index is 1.82. The summed E-state index contributed by atoms with van der Waals surface area (Å²) in [4.78, 5) is 42.3. The van der Waals surface area contributed by atoms with Crippen LogP contribution < -0.4 is 5.32 Å². The normalized spacial score (nSPS) is 30.3. The Hall–Kier alpha value is -1.79. The number of amides is 4. The van der Waals surface area contributed by atoms with Gasteiger partial charge in [0.1, 0.15) is 0 Å². The minimum Gasteiger partial charge on any atom is -0.359 e. The van der Waals surface area contributed by atoms with E-state index in [2.05, 4.69) is 5.32 Å². The van der Waals surface area contributed by atoms with Gasteiger partial charge < -0.3 is 20.0 Å². The Kier molecular flexibility index (Phi) is 4.45. The number of nitrogens with zero attached hydrogens (tertiary/aromatic N) is 3. The largest absolute Gasteiger partial charge is 0.359 e. The number of piperidine rings is 1. The van der Waals surface area contributed by atoms with Crippen molar-refractivity contribution >= 4 is 17.8 Å². The van der Waals surface area contributed by atoms with Crippen molar-refractivity contribution in [2.75, 3.05) is 47.3 Å². The third-order valence-electron chi connectivity index (χ3n) is 6.89. The van der Waals surface area contributed by atoms with Crippen LogP contribution in [0.2, 0.25) is 0 Å². The molecule has 1 saturated carbocycles. The zero-order valence-electron chi connectivity index (χ0n) is 15.8. The van der Waals surface area contributed by atoms with Gasteiger partial charge in [-0.1, -0.05) is 0 Å². The van der Waals surface area contributed by atoms with Gasteiger partial charge >= 0.3 is 6.03 Å². The topological polar surface area (TPSA) is 73.0 Å². The molecule has 2 saturated heterocycles. The van der Waals surface area contributed by atoms with Gasteiger partial charge in [0.2, 0.25) is 11.8 Å². The van der Waals surface area contributed by atoms with Crippen LogP contribution >= 0.6 is 0 Å². The number of urea groups is 1. The predicted molar refractivity (Wildman–Crippen MR) is 93.8 cm³/mol. The number of carbonyl (C=O) groups is 3. The second kappa shape index (κ2) is 6.18. The van der Waals surface area contributed by atoms with E-state index in [1.165, 1.54) is 0 Å². The molecule has 1 N–H and O–H groups in total. The maximum absolute atomic E-state index is 12.8. The van der Waals surface area contributed by atoms with E-state index < -0.39 is 5.41 Å². The first-order chi connectivity index (χ1) is 11.8. The molecule has 3 fully saturated rings. The van der Waals surface area contributed by atoms with Crippen molar-refractivity contribution in [1.82, 2.24) is 20.0 Å². The van der Waals surface area contributed by atoms with E-state index in [9.17, 15) is 14.4 Å². The summed E-state index contributed by atoms with van der Waals surface area (Å²) in [5.41, 5.74) is -0.381. The number of carbonyl (C=O) groups excluding carboxylic acids is 3. The van der Waals surface area contributed by atoms with Gasteiger partial charge in [-0.2, -0.15) is 0 Å². The molecule has 0 aromatic heterocycles. The first-order valence-corrected chi connectivity index (χ1v) is 9.20. The van der Waals surface area contributed by atoms with E-state index in [0.717, 1.165) is 38.8 Å². The van der Waals surface area contributed by atoms with Crippen LogP contribution in [-0.2, 0) is 9.59 Å². The number of hydrogen-bond acceptors (Lipinski definition) is 3. The molecule has 0 bridgehead atoms. The summed E-state index contributed by atoms with van der Waals surface area (Å²) in [5.74, 6) is 0.318. The van der Waals surface area contributed by atoms with Crippen molar-refractivity contribution in [3.63, 3.8) is 0 Å². The fraction of sp³-hybridized carbons (Fsp3) is 0.833. The van der Waals surface area contributed by atoms with Crippen molar-refractivity contribution in [1.29, 1.82) is 0 Å². The van der Waals surface area contributed by atoms with Gasteiger partial charge in [0, 0.05) is 54.2 Å². The van der Waals surface area contributed by atoms with Crippen molar-refractivity contribution in [2.45, 2.75) is 32.6 Å². The van der Waals surface area contributed by atoms with Crippen LogP contribution in [0.3, 0.4) is 0 Å². The molecule has 7 nitrogen and oxygen atoms in total. The minimum atomic E-state index is -0.450. The summed E-state index contributed by atoms with van der Waals surface area (Å²) >= 11 is 0. The quantitative estimate of drug-likeness (QED) is 0.759. The number of hydrogen-bond donors (Lipinski definition) is 1. The zero-order chi connectivity index (χ0) is 18.4. The van der Waals surface area contributed by atoms with Gasteiger partial charge in [-0.05, 0) is 37.0 Å². The molecule has 0 aromatic rings. The Bertz CT molecular complexity index is 583. The molecule has 1 aliphatic carbocycles. The Labute approximate surface area is 149 Å². The lowest BCUT2D eigenvalue weighted by atomic mass is 9.65. The van der Waals surface area contributed by atoms with Crippen LogP contribution in [0.25, 0.3) is 0 Å². The van der Waals surface area contributed by atoms with Gasteiger partial charge in [-0.25, -0.2) is 4.79 Å². The molecule has 25 heavy (non-hydrogen) atoms. The summed E-state index contributed by atoms with van der Waals surface area (Å²) in [5, 5.41) is 2.84. The van der Waals surface area contributed by atoms with Crippen LogP contribution in [0.1, 0.15) is 32.6 Å². The molecular weight excluding hydrogens is 320 g/mol. The fourth-order valence-electron chi connectivity index (χ4n) is 5.45. The predicted octanol–water partition coefficient (Wildman–Crippen LogP) is 0.755. The third-order valence-corrected chi connectivity index (χ3v) is 6.89. The molecule has 0 aromatic carbocycles. The Morgan fingerprint density at radius 1 is 1.04 bits per heavy atom. The molecule has 0 unspecified atom stereocenters. The number of likely N-dealkylation sites (tertiary alicyclic amines) is 2. The fourth-order valence-corrected chi connectivity index (χ4v) is 5.45. The van der Waals surface area contributed by atoms with Crippen LogP contribution in [0.5, 0.6) is 0 Å². The van der Waals surface area contributed by atoms with Gasteiger partial charge in [0.15, 0.2) is 0 Å². The highest BCUT2D eigenvalue weighted by Crippen LogP contribution is 2.62. The summed E-state index contributed by atoms with van der Waals surface area (Å²) in [6, 6.07) is 0.0576. The molecule has 0 radical (unpaired) electrons. The van der Waals surface area contributed by atoms with Crippen LogP contribution in [-0.4, -0.2) is 79.9 Å². The van der Waals surface area contributed by atoms with Gasteiger partial charge in [0.25, 0.3) is 0 Å². The lowest BCUT2D eigenvalue weighted by Gasteiger charge is -2.44. The van der Waals surface area contributed by atoms with Crippen LogP contribution in [0, 0.1) is 16.7 Å². The lowest BCUT2D eigenvalue weighted by molar-refractivity contribution is -0.133. The molecule has 3 rings (SSSR count). The van der Waals surface area contributed by atoms with E-state index in [1.807, 2.05) is 9.80 Å². The highest BCUT2D eigenvalue weighted by molar-refractivity contribution is 5.86. The molecule has 3 aliphatic rings. The molecule has 2 atom stereocenters. The highest BCUT2D eigenvalue weighted by Gasteiger charge is 2.64. The summed E-state index contributed by atoms with van der Waals surface area (Å²) in [6.45, 7) is 4.26. The average Bonchev–Trinajstić information content (AvgIpc) is 3.12. The van der Waals surface area contributed by atoms with Crippen molar-refractivity contribution in [2.24, 2.45) is 16.7 Å². The van der Waals surface area contributed by atoms with E-state index in [0.29, 0.717) is 13.1 Å². The SMILES string of the molecule is CNC(=O)[C@@]12CCC3(CCN(C(=O)N(C)C)CC3)[C@@H]1CN(C(C)=O)C2. The first-order valence-electron chi connectivity index (χ1n) is 9.20. The first kappa shape index (κ1) is 18.0. The maximum Gasteiger partial charge on any atom is 0.319 e. The summed E-state index contributed by atoms with van der Waals surface area (Å²) in [6.07, 6.45) is 3.69. The number of rotatable bonds is 1. The van der Waals surface area contributed by atoms with Crippen molar-refractivity contribution in [3.05, 3.63) is 0 Å². The summed E-state index contributed by atoms with van der Waals surface area (Å²) < 4.78 is 0. The van der Waals surface area contributed by atoms with E-state index in [4.69, 9.17) is 0 Å². The summed E-state index contributed by atoms with van der Waals surface area (Å²) in [7, 11) is 5.25. The van der Waals surface area contributed by atoms with Crippen molar-refractivity contribution in [3.8, 4) is 0 Å². The number of nitrogens with one attached hydrogen (secondary N) is 1. The average molecular weight is 350 g/mol. The molecule has 1 spiro atoms. The maximum atomic E-state index is 12.8. The molecule has 7 heteroatoms. The zero-order valence-corrected chi connectivity index (χ0v) is 15.8. The van der Waals surface area contributed by atoms with E-state index in [1.54, 1.807) is 33.0 Å². The second-order valence-electron chi connectivity index (χ2n) is 8.21. The van der Waals surface area contributed by atoms with Gasteiger partial charge in [0.05, 0.1) is 5.41 Å². The molecule has 2 heterocycles. The van der Waals surface area contributed by atoms with Crippen LogP contribution in [0.15, 0.2) is 0 Å². The van der Waals surface area contributed by atoms with E-state index >= 15 is 0 Å². The molecule has 140 valence electrons. The minimum absolute atomic E-state index is 0.0491. The highest BCUT2D eigenvalue weighted by atomic mass is 16.2.